The summed E-state index contributed by atoms with van der Waals surface area (Å²) in [5.74, 6) is 0.568. The molecule has 0 radical (unpaired) electrons. The molecule has 0 saturated heterocycles. The van der Waals surface area contributed by atoms with E-state index in [-0.39, 0.29) is 0 Å². The van der Waals surface area contributed by atoms with Gasteiger partial charge in [-0.2, -0.15) is 0 Å². The van der Waals surface area contributed by atoms with E-state index in [1.54, 1.807) is 0 Å². The summed E-state index contributed by atoms with van der Waals surface area (Å²) >= 11 is 3.69. The zero-order valence-corrected chi connectivity index (χ0v) is 10.4. The average Bonchev–Trinajstić information content (AvgIpc) is 2.27. The molecule has 0 N–H and O–H groups in total. The summed E-state index contributed by atoms with van der Waals surface area (Å²) in [4.78, 5) is 0.567. The van der Waals surface area contributed by atoms with E-state index in [9.17, 15) is 0 Å². The summed E-state index contributed by atoms with van der Waals surface area (Å²) in [7, 11) is 0. The van der Waals surface area contributed by atoms with E-state index >= 15 is 0 Å². The third kappa shape index (κ3) is 2.71. The van der Waals surface area contributed by atoms with Crippen molar-refractivity contribution in [3.63, 3.8) is 0 Å². The predicted molar refractivity (Wildman–Crippen MR) is 68.0 cm³/mol. The van der Waals surface area contributed by atoms with Crippen LogP contribution in [0.2, 0.25) is 0 Å². The lowest BCUT2D eigenvalue weighted by Crippen LogP contribution is -2.07. The lowest BCUT2D eigenvalue weighted by molar-refractivity contribution is 0.694. The molecule has 0 aliphatic heterocycles. The van der Waals surface area contributed by atoms with Crippen LogP contribution in [-0.4, -0.2) is 4.83 Å². The monoisotopic (exact) mass is 252 g/mol. The van der Waals surface area contributed by atoms with Crippen LogP contribution in [0.4, 0.5) is 0 Å². The molecule has 2 atom stereocenters. The largest absolute Gasteiger partial charge is 0.0985 e. The fraction of sp³-hybridized carbons (Fsp3) is 0.385. The molecule has 1 aromatic rings. The van der Waals surface area contributed by atoms with Crippen LogP contribution >= 0.6 is 15.9 Å². The van der Waals surface area contributed by atoms with Crippen molar-refractivity contribution in [3.05, 3.63) is 42.0 Å². The van der Waals surface area contributed by atoms with E-state index in [0.29, 0.717) is 10.7 Å². The third-order valence-corrected chi connectivity index (χ3v) is 4.07. The maximum absolute atomic E-state index is 3.75. The first-order chi connectivity index (χ1) is 6.69. The minimum Gasteiger partial charge on any atom is -0.0985 e. The topological polar surface area (TPSA) is 0 Å². The molecular weight excluding hydrogens is 236 g/mol. The number of hydrogen-bond acceptors (Lipinski definition) is 0. The van der Waals surface area contributed by atoms with Crippen molar-refractivity contribution in [2.45, 2.75) is 31.0 Å². The maximum atomic E-state index is 3.75. The Morgan fingerprint density at radius 1 is 1.36 bits per heavy atom. The van der Waals surface area contributed by atoms with E-state index in [4.69, 9.17) is 0 Å². The van der Waals surface area contributed by atoms with E-state index in [1.165, 1.54) is 11.1 Å². The molecular formula is C13H17Br. The molecule has 1 rings (SSSR count). The fourth-order valence-electron chi connectivity index (χ4n) is 1.50. The second kappa shape index (κ2) is 5.35. The molecule has 0 nitrogen and oxygen atoms in total. The number of halogens is 1. The van der Waals surface area contributed by atoms with Crippen LogP contribution in [0.15, 0.2) is 30.8 Å². The normalized spacial score (nSPS) is 14.8. The van der Waals surface area contributed by atoms with Gasteiger partial charge in [0, 0.05) is 4.83 Å². The Hall–Kier alpha value is -0.560. The quantitative estimate of drug-likeness (QED) is 0.687. The van der Waals surface area contributed by atoms with Gasteiger partial charge < -0.3 is 0 Å². The smallest absolute Gasteiger partial charge is 0.0209 e. The van der Waals surface area contributed by atoms with Crippen molar-refractivity contribution in [1.82, 2.24) is 0 Å². The van der Waals surface area contributed by atoms with Crippen LogP contribution < -0.4 is 0 Å². The Morgan fingerprint density at radius 2 is 1.93 bits per heavy atom. The van der Waals surface area contributed by atoms with Gasteiger partial charge in [-0.3, -0.25) is 0 Å². The molecule has 0 bridgehead atoms. The van der Waals surface area contributed by atoms with Gasteiger partial charge >= 0.3 is 0 Å². The van der Waals surface area contributed by atoms with Crippen LogP contribution in [0.25, 0.3) is 6.08 Å². The van der Waals surface area contributed by atoms with E-state index in [0.717, 1.165) is 6.42 Å². The molecule has 0 aliphatic rings. The molecule has 0 heterocycles. The van der Waals surface area contributed by atoms with Crippen LogP contribution in [0, 0.1) is 0 Å². The summed E-state index contributed by atoms with van der Waals surface area (Å²) < 4.78 is 0. The Labute approximate surface area is 95.2 Å². The highest BCUT2D eigenvalue weighted by atomic mass is 79.9. The maximum Gasteiger partial charge on any atom is 0.0209 e. The first kappa shape index (κ1) is 11.5. The molecule has 1 heteroatoms. The molecule has 0 saturated carbocycles. The molecule has 0 spiro atoms. The molecule has 0 aromatic heterocycles. The van der Waals surface area contributed by atoms with Gasteiger partial charge in [0.2, 0.25) is 0 Å². The van der Waals surface area contributed by atoms with Crippen molar-refractivity contribution in [2.24, 2.45) is 0 Å². The first-order valence-electron chi connectivity index (χ1n) is 5.05. The van der Waals surface area contributed by atoms with Gasteiger partial charge in [-0.05, 0) is 23.5 Å². The van der Waals surface area contributed by atoms with Gasteiger partial charge in [-0.1, -0.05) is 66.7 Å². The zero-order chi connectivity index (χ0) is 10.6. The number of rotatable bonds is 4. The van der Waals surface area contributed by atoms with Crippen molar-refractivity contribution < 1.29 is 0 Å². The third-order valence-electron chi connectivity index (χ3n) is 2.63. The Bertz CT molecular complexity index is 287. The molecule has 76 valence electrons. The van der Waals surface area contributed by atoms with Gasteiger partial charge in [0.25, 0.3) is 0 Å². The van der Waals surface area contributed by atoms with Gasteiger partial charge in [-0.15, -0.1) is 0 Å². The van der Waals surface area contributed by atoms with Crippen LogP contribution in [0.5, 0.6) is 0 Å². The predicted octanol–water partition coefficient (Wildman–Crippen LogP) is 4.61. The van der Waals surface area contributed by atoms with Gasteiger partial charge in [0.1, 0.15) is 0 Å². The van der Waals surface area contributed by atoms with E-state index in [2.05, 4.69) is 60.6 Å². The number of benzene rings is 1. The van der Waals surface area contributed by atoms with E-state index in [1.807, 2.05) is 6.08 Å². The van der Waals surface area contributed by atoms with Gasteiger partial charge in [0.15, 0.2) is 0 Å². The van der Waals surface area contributed by atoms with Gasteiger partial charge in [0.05, 0.1) is 0 Å². The van der Waals surface area contributed by atoms with E-state index < -0.39 is 0 Å². The highest BCUT2D eigenvalue weighted by Gasteiger charge is 2.13. The van der Waals surface area contributed by atoms with Crippen LogP contribution in [-0.2, 0) is 0 Å². The summed E-state index contributed by atoms with van der Waals surface area (Å²) in [5, 5.41) is 0. The van der Waals surface area contributed by atoms with Crippen molar-refractivity contribution in [1.29, 1.82) is 0 Å². The summed E-state index contributed by atoms with van der Waals surface area (Å²) in [5.41, 5.74) is 2.57. The van der Waals surface area contributed by atoms with Crippen molar-refractivity contribution in [2.75, 3.05) is 0 Å². The van der Waals surface area contributed by atoms with Crippen molar-refractivity contribution in [3.8, 4) is 0 Å². The Kier molecular flexibility index (Phi) is 4.40. The highest BCUT2D eigenvalue weighted by Crippen LogP contribution is 2.26. The minimum absolute atomic E-state index is 0.567. The summed E-state index contributed by atoms with van der Waals surface area (Å²) in [6, 6.07) is 8.61. The lowest BCUT2D eigenvalue weighted by atomic mass is 9.95. The van der Waals surface area contributed by atoms with Gasteiger partial charge in [-0.25, -0.2) is 0 Å². The van der Waals surface area contributed by atoms with Crippen LogP contribution in [0.3, 0.4) is 0 Å². The molecule has 0 fully saturated rings. The molecule has 0 amide bonds. The lowest BCUT2D eigenvalue weighted by Gasteiger charge is -2.17. The summed E-state index contributed by atoms with van der Waals surface area (Å²) in [6.45, 7) is 8.21. The first-order valence-corrected chi connectivity index (χ1v) is 5.97. The van der Waals surface area contributed by atoms with Crippen molar-refractivity contribution >= 4 is 22.0 Å². The second-order valence-corrected chi connectivity index (χ2v) is 4.76. The molecule has 14 heavy (non-hydrogen) atoms. The fourth-order valence-corrected chi connectivity index (χ4v) is 1.80. The number of hydrogen-bond donors (Lipinski definition) is 0. The molecule has 0 aliphatic carbocycles. The zero-order valence-electron chi connectivity index (χ0n) is 8.83. The number of alkyl halides is 1. The SMILES string of the molecule is C=Cc1ccc(C(C)C(Br)CC)cc1. The molecule has 2 unspecified atom stereocenters. The minimum atomic E-state index is 0.567. The highest BCUT2D eigenvalue weighted by molar-refractivity contribution is 9.09. The standard InChI is InChI=1S/C13H17Br/c1-4-11-6-8-12(9-7-11)10(3)13(14)5-2/h4,6-10,13H,1,5H2,2-3H3. The molecule has 1 aromatic carbocycles. The summed E-state index contributed by atoms with van der Waals surface area (Å²) in [6.07, 6.45) is 3.03. The second-order valence-electron chi connectivity index (χ2n) is 3.58. The Balaban J connectivity index is 2.80. The average molecular weight is 253 g/mol. The Morgan fingerprint density at radius 3 is 2.36 bits per heavy atom. The van der Waals surface area contributed by atoms with Crippen LogP contribution in [0.1, 0.15) is 37.3 Å².